The minimum Gasteiger partial charge on any atom is -0.445 e. The molecule has 4 heteroatoms. The molecule has 2 aliphatic heterocycles. The number of hydrogen-bond donors (Lipinski definition) is 0. The quantitative estimate of drug-likeness (QED) is 0.859. The number of hydrogen-bond acceptors (Lipinski definition) is 3. The molecular formula is C18H26N2O2. The summed E-state index contributed by atoms with van der Waals surface area (Å²) in [5.74, 6) is 0. The van der Waals surface area contributed by atoms with Crippen LogP contribution in [0, 0.1) is 0 Å². The van der Waals surface area contributed by atoms with E-state index in [1.807, 2.05) is 35.2 Å². The number of benzene rings is 1. The van der Waals surface area contributed by atoms with Crippen LogP contribution in [-0.2, 0) is 11.3 Å². The summed E-state index contributed by atoms with van der Waals surface area (Å²) < 4.78 is 5.46. The fraction of sp³-hybridized carbons (Fsp3) is 0.611. The predicted molar refractivity (Wildman–Crippen MR) is 86.6 cm³/mol. The van der Waals surface area contributed by atoms with Crippen molar-refractivity contribution < 1.29 is 9.53 Å². The van der Waals surface area contributed by atoms with E-state index in [1.165, 1.54) is 32.4 Å². The molecule has 1 atom stereocenters. The Morgan fingerprint density at radius 3 is 2.55 bits per heavy atom. The highest BCUT2D eigenvalue weighted by molar-refractivity contribution is 5.67. The molecule has 1 aromatic rings. The number of carbonyl (C=O) groups is 1. The van der Waals surface area contributed by atoms with Crippen molar-refractivity contribution in [2.24, 2.45) is 0 Å². The maximum atomic E-state index is 12.2. The third-order valence-electron chi connectivity index (χ3n) is 4.82. The lowest BCUT2D eigenvalue weighted by molar-refractivity contribution is 0.0964. The number of ether oxygens (including phenoxy) is 1. The molecule has 0 saturated carbocycles. The molecule has 3 rings (SSSR count). The average molecular weight is 302 g/mol. The zero-order valence-corrected chi connectivity index (χ0v) is 13.2. The molecule has 0 radical (unpaired) electrons. The zero-order chi connectivity index (χ0) is 15.2. The molecule has 2 aliphatic rings. The Morgan fingerprint density at radius 2 is 1.77 bits per heavy atom. The van der Waals surface area contributed by atoms with Crippen molar-refractivity contribution in [2.75, 3.05) is 26.2 Å². The van der Waals surface area contributed by atoms with Gasteiger partial charge in [0.1, 0.15) is 6.61 Å². The third kappa shape index (κ3) is 4.01. The monoisotopic (exact) mass is 302 g/mol. The molecule has 0 aliphatic carbocycles. The molecule has 2 heterocycles. The van der Waals surface area contributed by atoms with Gasteiger partial charge in [-0.1, -0.05) is 30.3 Å². The van der Waals surface area contributed by atoms with Gasteiger partial charge in [-0.05, 0) is 50.8 Å². The Kier molecular flexibility index (Phi) is 5.33. The average Bonchev–Trinajstić information content (AvgIpc) is 2.98. The van der Waals surface area contributed by atoms with Gasteiger partial charge in [-0.2, -0.15) is 0 Å². The Hall–Kier alpha value is -1.55. The number of likely N-dealkylation sites (tertiary alicyclic amines) is 2. The molecule has 1 aromatic carbocycles. The van der Waals surface area contributed by atoms with Crippen LogP contribution >= 0.6 is 0 Å². The Labute approximate surface area is 133 Å². The van der Waals surface area contributed by atoms with Gasteiger partial charge in [0.25, 0.3) is 0 Å². The molecule has 0 N–H and O–H groups in total. The smallest absolute Gasteiger partial charge is 0.410 e. The van der Waals surface area contributed by atoms with E-state index in [0.29, 0.717) is 12.6 Å². The maximum Gasteiger partial charge on any atom is 0.410 e. The molecule has 0 spiro atoms. The van der Waals surface area contributed by atoms with Crippen LogP contribution in [0.3, 0.4) is 0 Å². The summed E-state index contributed by atoms with van der Waals surface area (Å²) in [4.78, 5) is 16.7. The molecular weight excluding hydrogens is 276 g/mol. The Bertz CT molecular complexity index is 471. The lowest BCUT2D eigenvalue weighted by Crippen LogP contribution is -2.35. The Morgan fingerprint density at radius 1 is 1.00 bits per heavy atom. The van der Waals surface area contributed by atoms with Gasteiger partial charge >= 0.3 is 6.09 Å². The number of carbonyl (C=O) groups excluding carboxylic acids is 1. The molecule has 1 amide bonds. The van der Waals surface area contributed by atoms with Crippen molar-refractivity contribution in [1.29, 1.82) is 0 Å². The van der Waals surface area contributed by atoms with Crippen molar-refractivity contribution in [3.05, 3.63) is 35.9 Å². The maximum absolute atomic E-state index is 12.2. The zero-order valence-electron chi connectivity index (χ0n) is 13.2. The summed E-state index contributed by atoms with van der Waals surface area (Å²) >= 11 is 0. The lowest BCUT2D eigenvalue weighted by Gasteiger charge is -2.26. The molecule has 2 fully saturated rings. The van der Waals surface area contributed by atoms with E-state index in [0.717, 1.165) is 31.5 Å². The van der Waals surface area contributed by atoms with E-state index in [2.05, 4.69) is 4.90 Å². The van der Waals surface area contributed by atoms with E-state index in [-0.39, 0.29) is 6.09 Å². The highest BCUT2D eigenvalue weighted by Crippen LogP contribution is 2.21. The summed E-state index contributed by atoms with van der Waals surface area (Å²) in [6, 6.07) is 10.5. The van der Waals surface area contributed by atoms with Crippen molar-refractivity contribution in [1.82, 2.24) is 9.80 Å². The first-order valence-corrected chi connectivity index (χ1v) is 8.52. The molecule has 0 unspecified atom stereocenters. The second-order valence-electron chi connectivity index (χ2n) is 6.36. The van der Waals surface area contributed by atoms with E-state index >= 15 is 0 Å². The molecule has 0 aromatic heterocycles. The number of nitrogens with zero attached hydrogens (tertiary/aromatic N) is 2. The van der Waals surface area contributed by atoms with Gasteiger partial charge in [-0.25, -0.2) is 4.79 Å². The lowest BCUT2D eigenvalue weighted by atomic mass is 10.1. The second kappa shape index (κ2) is 7.63. The summed E-state index contributed by atoms with van der Waals surface area (Å²) in [5, 5.41) is 0. The largest absolute Gasteiger partial charge is 0.445 e. The molecule has 120 valence electrons. The summed E-state index contributed by atoms with van der Waals surface area (Å²) in [6.07, 6.45) is 5.88. The van der Waals surface area contributed by atoms with Crippen molar-refractivity contribution in [3.8, 4) is 0 Å². The van der Waals surface area contributed by atoms with Crippen LogP contribution in [0.4, 0.5) is 4.79 Å². The van der Waals surface area contributed by atoms with Crippen molar-refractivity contribution in [3.63, 3.8) is 0 Å². The summed E-state index contributed by atoms with van der Waals surface area (Å²) in [6.45, 7) is 4.50. The van der Waals surface area contributed by atoms with Crippen LogP contribution < -0.4 is 0 Å². The van der Waals surface area contributed by atoms with Crippen LogP contribution in [-0.4, -0.2) is 48.1 Å². The van der Waals surface area contributed by atoms with Gasteiger partial charge in [0.2, 0.25) is 0 Å². The van der Waals surface area contributed by atoms with Gasteiger partial charge in [0.15, 0.2) is 0 Å². The highest BCUT2D eigenvalue weighted by Gasteiger charge is 2.26. The highest BCUT2D eigenvalue weighted by atomic mass is 16.6. The fourth-order valence-corrected chi connectivity index (χ4v) is 3.54. The summed E-state index contributed by atoms with van der Waals surface area (Å²) in [7, 11) is 0. The normalized spacial score (nSPS) is 23.3. The van der Waals surface area contributed by atoms with Crippen LogP contribution in [0.2, 0.25) is 0 Å². The fourth-order valence-electron chi connectivity index (χ4n) is 3.54. The van der Waals surface area contributed by atoms with E-state index in [1.54, 1.807) is 0 Å². The van der Waals surface area contributed by atoms with Crippen LogP contribution in [0.1, 0.15) is 37.7 Å². The first kappa shape index (κ1) is 15.3. The van der Waals surface area contributed by atoms with Crippen molar-refractivity contribution in [2.45, 2.75) is 44.8 Å². The van der Waals surface area contributed by atoms with Crippen LogP contribution in [0.15, 0.2) is 30.3 Å². The van der Waals surface area contributed by atoms with Gasteiger partial charge < -0.3 is 14.5 Å². The Balaban J connectivity index is 1.46. The predicted octanol–water partition coefficient (Wildman–Crippen LogP) is 3.27. The topological polar surface area (TPSA) is 32.8 Å². The van der Waals surface area contributed by atoms with E-state index in [9.17, 15) is 4.79 Å². The SMILES string of the molecule is O=C(OCc1ccccc1)N1CCC[C@@H](N2CCCC2)CC1. The standard InChI is InChI=1S/C18H26N2O2/c21-18(22-15-16-7-2-1-3-8-16)20-13-6-9-17(10-14-20)19-11-4-5-12-19/h1-3,7-8,17H,4-6,9-15H2/t17-/m1/s1. The first-order valence-electron chi connectivity index (χ1n) is 8.52. The summed E-state index contributed by atoms with van der Waals surface area (Å²) in [5.41, 5.74) is 1.04. The van der Waals surface area contributed by atoms with E-state index in [4.69, 9.17) is 4.74 Å². The third-order valence-corrected chi connectivity index (χ3v) is 4.82. The molecule has 4 nitrogen and oxygen atoms in total. The minimum atomic E-state index is -0.161. The van der Waals surface area contributed by atoms with Gasteiger partial charge in [-0.3, -0.25) is 0 Å². The molecule has 2 saturated heterocycles. The first-order chi connectivity index (χ1) is 10.8. The molecule has 0 bridgehead atoms. The second-order valence-corrected chi connectivity index (χ2v) is 6.36. The van der Waals surface area contributed by atoms with Crippen molar-refractivity contribution >= 4 is 6.09 Å². The van der Waals surface area contributed by atoms with Crippen LogP contribution in [0.25, 0.3) is 0 Å². The van der Waals surface area contributed by atoms with E-state index < -0.39 is 0 Å². The number of rotatable bonds is 3. The molecule has 22 heavy (non-hydrogen) atoms. The minimum absolute atomic E-state index is 0.161. The number of amides is 1. The van der Waals surface area contributed by atoms with Crippen LogP contribution in [0.5, 0.6) is 0 Å². The van der Waals surface area contributed by atoms with Gasteiger partial charge in [0.05, 0.1) is 0 Å². The van der Waals surface area contributed by atoms with Gasteiger partial charge in [0, 0.05) is 19.1 Å². The van der Waals surface area contributed by atoms with Gasteiger partial charge in [-0.15, -0.1) is 0 Å².